The quantitative estimate of drug-likeness (QED) is 0.539. The molecular weight excluding hydrogens is 370 g/mol. The molecular formula is C21H19N5O3. The van der Waals surface area contributed by atoms with E-state index in [1.165, 1.54) is 6.07 Å². The molecule has 2 aromatic heterocycles. The summed E-state index contributed by atoms with van der Waals surface area (Å²) in [5, 5.41) is 3.88. The molecule has 0 unspecified atom stereocenters. The number of anilines is 2. The van der Waals surface area contributed by atoms with Crippen LogP contribution in [0.15, 0.2) is 53.3 Å². The molecule has 0 radical (unpaired) electrons. The molecule has 0 aliphatic rings. The van der Waals surface area contributed by atoms with Crippen LogP contribution in [0, 0.1) is 6.92 Å². The van der Waals surface area contributed by atoms with E-state index in [1.807, 2.05) is 49.4 Å². The molecule has 0 aliphatic carbocycles. The lowest BCUT2D eigenvalue weighted by molar-refractivity contribution is 0.416. The number of ether oxygens (including phenoxy) is 2. The predicted molar refractivity (Wildman–Crippen MR) is 111 cm³/mol. The number of nitrogens with zero attached hydrogens (tertiary/aromatic N) is 3. The molecule has 2 N–H and O–H groups in total. The molecule has 8 nitrogen and oxygen atoms in total. The number of fused-ring (bicyclic) bond motifs is 1. The summed E-state index contributed by atoms with van der Waals surface area (Å²) in [5.74, 6) is 1.80. The van der Waals surface area contributed by atoms with Crippen LogP contribution in [-0.4, -0.2) is 34.2 Å². The van der Waals surface area contributed by atoms with Gasteiger partial charge in [-0.15, -0.1) is 0 Å². The van der Waals surface area contributed by atoms with Gasteiger partial charge in [-0.1, -0.05) is 24.3 Å². The molecule has 4 rings (SSSR count). The van der Waals surface area contributed by atoms with E-state index < -0.39 is 0 Å². The Kier molecular flexibility index (Phi) is 4.82. The summed E-state index contributed by atoms with van der Waals surface area (Å²) in [6.45, 7) is 1.88. The summed E-state index contributed by atoms with van der Waals surface area (Å²) in [4.78, 5) is 28.4. The fraction of sp³-hybridized carbons (Fsp3) is 0.143. The molecule has 0 spiro atoms. The SMILES string of the molecule is COc1ccccc1-c1cc(=O)[nH]c(Nc2nc(C)c3cccc(OC)c3n2)n1. The maximum absolute atomic E-state index is 12.2. The highest BCUT2D eigenvalue weighted by Gasteiger charge is 2.12. The van der Waals surface area contributed by atoms with E-state index in [0.717, 1.165) is 11.1 Å². The zero-order chi connectivity index (χ0) is 20.4. The van der Waals surface area contributed by atoms with Crippen LogP contribution in [0.1, 0.15) is 5.69 Å². The average Bonchev–Trinajstić information content (AvgIpc) is 2.73. The van der Waals surface area contributed by atoms with Crippen LogP contribution in [0.25, 0.3) is 22.2 Å². The summed E-state index contributed by atoms with van der Waals surface area (Å²) < 4.78 is 10.8. The fourth-order valence-corrected chi connectivity index (χ4v) is 3.12. The van der Waals surface area contributed by atoms with Crippen LogP contribution in [0.3, 0.4) is 0 Å². The van der Waals surface area contributed by atoms with Crippen molar-refractivity contribution in [1.82, 2.24) is 19.9 Å². The molecule has 0 atom stereocenters. The lowest BCUT2D eigenvalue weighted by atomic mass is 10.1. The second kappa shape index (κ2) is 7.59. The van der Waals surface area contributed by atoms with Gasteiger partial charge in [0, 0.05) is 17.0 Å². The summed E-state index contributed by atoms with van der Waals surface area (Å²) in [6.07, 6.45) is 0. The minimum absolute atomic E-state index is 0.229. The largest absolute Gasteiger partial charge is 0.496 e. The topological polar surface area (TPSA) is 102 Å². The Morgan fingerprint density at radius 2 is 1.69 bits per heavy atom. The van der Waals surface area contributed by atoms with Crippen molar-refractivity contribution in [3.05, 3.63) is 64.6 Å². The summed E-state index contributed by atoms with van der Waals surface area (Å²) in [6, 6.07) is 14.4. The monoisotopic (exact) mass is 389 g/mol. The van der Waals surface area contributed by atoms with Gasteiger partial charge in [0.1, 0.15) is 17.0 Å². The Bertz CT molecular complexity index is 1250. The van der Waals surface area contributed by atoms with Gasteiger partial charge in [-0.3, -0.25) is 15.1 Å². The van der Waals surface area contributed by atoms with Crippen LogP contribution in [-0.2, 0) is 0 Å². The van der Waals surface area contributed by atoms with Gasteiger partial charge in [-0.05, 0) is 25.1 Å². The second-order valence-electron chi connectivity index (χ2n) is 6.29. The first-order valence-electron chi connectivity index (χ1n) is 8.92. The lowest BCUT2D eigenvalue weighted by Gasteiger charge is -2.11. The van der Waals surface area contributed by atoms with Crippen molar-refractivity contribution >= 4 is 22.8 Å². The van der Waals surface area contributed by atoms with E-state index in [0.29, 0.717) is 34.2 Å². The standard InChI is InChI=1S/C21H19N5O3/c1-12-13-8-6-10-17(29-3)19(13)25-20(22-12)26-21-23-15(11-18(27)24-21)14-7-4-5-9-16(14)28-2/h4-11H,1-3H3,(H2,22,23,24,25,26,27). The zero-order valence-corrected chi connectivity index (χ0v) is 16.2. The summed E-state index contributed by atoms with van der Waals surface area (Å²) >= 11 is 0. The molecule has 4 aromatic rings. The van der Waals surface area contributed by atoms with Gasteiger partial charge in [0.25, 0.3) is 5.56 Å². The molecule has 2 aromatic carbocycles. The van der Waals surface area contributed by atoms with E-state index in [2.05, 4.69) is 25.3 Å². The third-order valence-corrected chi connectivity index (χ3v) is 4.45. The van der Waals surface area contributed by atoms with Gasteiger partial charge in [0.15, 0.2) is 0 Å². The van der Waals surface area contributed by atoms with Crippen LogP contribution in [0.5, 0.6) is 11.5 Å². The number of benzene rings is 2. The van der Waals surface area contributed by atoms with Gasteiger partial charge in [0.2, 0.25) is 11.9 Å². The van der Waals surface area contributed by atoms with Gasteiger partial charge in [-0.2, -0.15) is 0 Å². The first-order valence-corrected chi connectivity index (χ1v) is 8.92. The molecule has 0 bridgehead atoms. The second-order valence-corrected chi connectivity index (χ2v) is 6.29. The van der Waals surface area contributed by atoms with Crippen molar-refractivity contribution in [2.24, 2.45) is 0 Å². The normalized spacial score (nSPS) is 10.7. The Morgan fingerprint density at radius 3 is 2.48 bits per heavy atom. The average molecular weight is 389 g/mol. The van der Waals surface area contributed by atoms with Crippen molar-refractivity contribution in [1.29, 1.82) is 0 Å². The maximum atomic E-state index is 12.2. The Labute approximate surface area is 166 Å². The highest BCUT2D eigenvalue weighted by atomic mass is 16.5. The molecule has 29 heavy (non-hydrogen) atoms. The minimum atomic E-state index is -0.307. The molecule has 0 aliphatic heterocycles. The number of nitrogens with one attached hydrogen (secondary N) is 2. The van der Waals surface area contributed by atoms with E-state index in [9.17, 15) is 4.79 Å². The van der Waals surface area contributed by atoms with Crippen molar-refractivity contribution in [3.63, 3.8) is 0 Å². The lowest BCUT2D eigenvalue weighted by Crippen LogP contribution is -2.12. The molecule has 0 saturated heterocycles. The van der Waals surface area contributed by atoms with E-state index in [-0.39, 0.29) is 11.5 Å². The maximum Gasteiger partial charge on any atom is 0.252 e. The number of para-hydroxylation sites is 2. The molecule has 0 amide bonds. The Morgan fingerprint density at radius 1 is 0.931 bits per heavy atom. The summed E-state index contributed by atoms with van der Waals surface area (Å²) in [5.41, 5.74) is 2.33. The molecule has 0 saturated carbocycles. The van der Waals surface area contributed by atoms with E-state index in [1.54, 1.807) is 14.2 Å². The van der Waals surface area contributed by atoms with Crippen LogP contribution < -0.4 is 20.3 Å². The third kappa shape index (κ3) is 3.60. The van der Waals surface area contributed by atoms with E-state index in [4.69, 9.17) is 9.47 Å². The first-order chi connectivity index (χ1) is 14.1. The number of aromatic amines is 1. The molecule has 146 valence electrons. The zero-order valence-electron chi connectivity index (χ0n) is 16.2. The van der Waals surface area contributed by atoms with E-state index >= 15 is 0 Å². The number of H-pyrrole nitrogens is 1. The van der Waals surface area contributed by atoms with Crippen LogP contribution in [0.2, 0.25) is 0 Å². The fourth-order valence-electron chi connectivity index (χ4n) is 3.12. The number of hydrogen-bond donors (Lipinski definition) is 2. The number of hydrogen-bond acceptors (Lipinski definition) is 7. The van der Waals surface area contributed by atoms with Crippen molar-refractivity contribution in [2.75, 3.05) is 19.5 Å². The Hall–Kier alpha value is -3.94. The number of aryl methyl sites for hydroxylation is 1. The van der Waals surface area contributed by atoms with Crippen LogP contribution in [0.4, 0.5) is 11.9 Å². The van der Waals surface area contributed by atoms with Gasteiger partial charge >= 0.3 is 0 Å². The number of aromatic nitrogens is 4. The van der Waals surface area contributed by atoms with Crippen molar-refractivity contribution in [3.8, 4) is 22.8 Å². The highest BCUT2D eigenvalue weighted by molar-refractivity contribution is 5.87. The first kappa shape index (κ1) is 18.4. The number of methoxy groups -OCH3 is 2. The minimum Gasteiger partial charge on any atom is -0.496 e. The third-order valence-electron chi connectivity index (χ3n) is 4.45. The van der Waals surface area contributed by atoms with Gasteiger partial charge in [-0.25, -0.2) is 15.0 Å². The molecule has 0 fully saturated rings. The van der Waals surface area contributed by atoms with Gasteiger partial charge in [0.05, 0.1) is 25.6 Å². The molecule has 2 heterocycles. The van der Waals surface area contributed by atoms with Crippen molar-refractivity contribution < 1.29 is 9.47 Å². The molecule has 8 heteroatoms. The highest BCUT2D eigenvalue weighted by Crippen LogP contribution is 2.29. The Balaban J connectivity index is 1.77. The smallest absolute Gasteiger partial charge is 0.252 e. The van der Waals surface area contributed by atoms with Crippen LogP contribution >= 0.6 is 0 Å². The number of rotatable bonds is 5. The van der Waals surface area contributed by atoms with Gasteiger partial charge < -0.3 is 9.47 Å². The van der Waals surface area contributed by atoms with Crippen molar-refractivity contribution in [2.45, 2.75) is 6.92 Å². The summed E-state index contributed by atoms with van der Waals surface area (Å²) in [7, 11) is 3.17. The predicted octanol–water partition coefficient (Wildman–Crippen LogP) is 3.45.